The SMILES string of the molecule is COc1nccnc1C(O)c1ccc(CC(C)C)cc1. The molecule has 0 fully saturated rings. The van der Waals surface area contributed by atoms with Gasteiger partial charge in [0.25, 0.3) is 0 Å². The second kappa shape index (κ2) is 6.48. The van der Waals surface area contributed by atoms with Crippen LogP contribution in [0, 0.1) is 5.92 Å². The summed E-state index contributed by atoms with van der Waals surface area (Å²) in [5.41, 5.74) is 2.49. The Bertz CT molecular complexity index is 553. The zero-order chi connectivity index (χ0) is 14.5. The summed E-state index contributed by atoms with van der Waals surface area (Å²) in [6.45, 7) is 4.38. The minimum absolute atomic E-state index is 0.353. The van der Waals surface area contributed by atoms with Gasteiger partial charge in [-0.3, -0.25) is 4.98 Å². The Labute approximate surface area is 119 Å². The van der Waals surface area contributed by atoms with E-state index in [4.69, 9.17) is 4.74 Å². The van der Waals surface area contributed by atoms with E-state index < -0.39 is 6.10 Å². The number of nitrogens with zero attached hydrogens (tertiary/aromatic N) is 2. The van der Waals surface area contributed by atoms with Crippen molar-refractivity contribution >= 4 is 0 Å². The van der Waals surface area contributed by atoms with Gasteiger partial charge in [0.15, 0.2) is 0 Å². The van der Waals surface area contributed by atoms with E-state index in [0.29, 0.717) is 17.5 Å². The zero-order valence-electron chi connectivity index (χ0n) is 12.1. The molecule has 0 spiro atoms. The molecule has 2 aromatic rings. The quantitative estimate of drug-likeness (QED) is 0.909. The molecule has 1 atom stereocenters. The summed E-state index contributed by atoms with van der Waals surface area (Å²) in [4.78, 5) is 8.22. The third kappa shape index (κ3) is 3.33. The maximum atomic E-state index is 10.4. The molecule has 0 bridgehead atoms. The number of methoxy groups -OCH3 is 1. The van der Waals surface area contributed by atoms with Crippen LogP contribution in [0.2, 0.25) is 0 Å². The van der Waals surface area contributed by atoms with Gasteiger partial charge in [-0.2, -0.15) is 0 Å². The Balaban J connectivity index is 2.22. The number of rotatable bonds is 5. The van der Waals surface area contributed by atoms with Gasteiger partial charge in [-0.15, -0.1) is 0 Å². The van der Waals surface area contributed by atoms with Crippen molar-refractivity contribution in [1.29, 1.82) is 0 Å². The molecule has 0 aliphatic rings. The van der Waals surface area contributed by atoms with E-state index in [1.165, 1.54) is 12.7 Å². The number of aliphatic hydroxyl groups is 1. The van der Waals surface area contributed by atoms with Gasteiger partial charge in [0.05, 0.1) is 7.11 Å². The molecule has 1 heterocycles. The summed E-state index contributed by atoms with van der Waals surface area (Å²) < 4.78 is 5.13. The number of aliphatic hydroxyl groups excluding tert-OH is 1. The molecule has 2 rings (SSSR count). The second-order valence-corrected chi connectivity index (χ2v) is 5.19. The first-order valence-electron chi connectivity index (χ1n) is 6.73. The van der Waals surface area contributed by atoms with Crippen molar-refractivity contribution in [2.75, 3.05) is 7.11 Å². The lowest BCUT2D eigenvalue weighted by atomic mass is 9.99. The maximum Gasteiger partial charge on any atom is 0.238 e. The fourth-order valence-electron chi connectivity index (χ4n) is 2.15. The van der Waals surface area contributed by atoms with Crippen molar-refractivity contribution in [2.24, 2.45) is 5.92 Å². The van der Waals surface area contributed by atoms with Gasteiger partial charge >= 0.3 is 0 Å². The number of ether oxygens (including phenoxy) is 1. The molecule has 0 saturated carbocycles. The third-order valence-corrected chi connectivity index (χ3v) is 3.08. The fraction of sp³-hybridized carbons (Fsp3) is 0.375. The lowest BCUT2D eigenvalue weighted by Crippen LogP contribution is -2.06. The number of hydrogen-bond donors (Lipinski definition) is 1. The van der Waals surface area contributed by atoms with Crippen molar-refractivity contribution < 1.29 is 9.84 Å². The first kappa shape index (κ1) is 14.5. The molecule has 106 valence electrons. The first-order chi connectivity index (χ1) is 9.61. The van der Waals surface area contributed by atoms with Gasteiger partial charge in [-0.25, -0.2) is 4.98 Å². The van der Waals surface area contributed by atoms with Crippen LogP contribution in [0.25, 0.3) is 0 Å². The van der Waals surface area contributed by atoms with Crippen LogP contribution in [0.3, 0.4) is 0 Å². The Morgan fingerprint density at radius 1 is 1.10 bits per heavy atom. The largest absolute Gasteiger partial charge is 0.480 e. The summed E-state index contributed by atoms with van der Waals surface area (Å²) in [5, 5.41) is 10.4. The molecule has 1 unspecified atom stereocenters. The molecule has 0 saturated heterocycles. The zero-order valence-corrected chi connectivity index (χ0v) is 12.1. The van der Waals surface area contributed by atoms with Gasteiger partial charge in [0.1, 0.15) is 11.8 Å². The predicted molar refractivity (Wildman–Crippen MR) is 77.6 cm³/mol. The Morgan fingerprint density at radius 3 is 2.35 bits per heavy atom. The van der Waals surface area contributed by atoms with Crippen molar-refractivity contribution in [3.8, 4) is 5.88 Å². The van der Waals surface area contributed by atoms with Gasteiger partial charge < -0.3 is 9.84 Å². The molecule has 4 heteroatoms. The monoisotopic (exact) mass is 272 g/mol. The van der Waals surface area contributed by atoms with E-state index in [1.807, 2.05) is 24.3 Å². The molecule has 0 radical (unpaired) electrons. The second-order valence-electron chi connectivity index (χ2n) is 5.19. The summed E-state index contributed by atoms with van der Waals surface area (Å²) >= 11 is 0. The van der Waals surface area contributed by atoms with Crippen molar-refractivity contribution in [3.63, 3.8) is 0 Å². The van der Waals surface area contributed by atoms with E-state index in [2.05, 4.69) is 23.8 Å². The topological polar surface area (TPSA) is 55.2 Å². The van der Waals surface area contributed by atoms with E-state index in [0.717, 1.165) is 12.0 Å². The van der Waals surface area contributed by atoms with Gasteiger partial charge in [-0.05, 0) is 23.5 Å². The van der Waals surface area contributed by atoms with Crippen LogP contribution in [0.4, 0.5) is 0 Å². The Kier molecular flexibility index (Phi) is 4.69. The number of aromatic nitrogens is 2. The maximum absolute atomic E-state index is 10.4. The normalized spacial score (nSPS) is 12.4. The van der Waals surface area contributed by atoms with Crippen LogP contribution < -0.4 is 4.74 Å². The molecule has 0 amide bonds. The summed E-state index contributed by atoms with van der Waals surface area (Å²) in [6, 6.07) is 7.94. The first-order valence-corrected chi connectivity index (χ1v) is 6.73. The highest BCUT2D eigenvalue weighted by Crippen LogP contribution is 2.26. The molecular formula is C16H20N2O2. The van der Waals surface area contributed by atoms with Crippen molar-refractivity contribution in [2.45, 2.75) is 26.4 Å². The summed E-state index contributed by atoms with van der Waals surface area (Å²) in [7, 11) is 1.52. The van der Waals surface area contributed by atoms with Crippen molar-refractivity contribution in [3.05, 3.63) is 53.5 Å². The van der Waals surface area contributed by atoms with Gasteiger partial charge in [-0.1, -0.05) is 38.1 Å². The fourth-order valence-corrected chi connectivity index (χ4v) is 2.15. The molecule has 0 aliphatic heterocycles. The highest BCUT2D eigenvalue weighted by Gasteiger charge is 2.17. The smallest absolute Gasteiger partial charge is 0.238 e. The minimum atomic E-state index is -0.827. The van der Waals surface area contributed by atoms with Crippen molar-refractivity contribution in [1.82, 2.24) is 9.97 Å². The van der Waals surface area contributed by atoms with Gasteiger partial charge in [0.2, 0.25) is 5.88 Å². The number of hydrogen-bond acceptors (Lipinski definition) is 4. The third-order valence-electron chi connectivity index (χ3n) is 3.08. The van der Waals surface area contributed by atoms with E-state index in [-0.39, 0.29) is 0 Å². The molecule has 20 heavy (non-hydrogen) atoms. The Morgan fingerprint density at radius 2 is 1.75 bits per heavy atom. The van der Waals surface area contributed by atoms with E-state index >= 15 is 0 Å². The van der Waals surface area contributed by atoms with Crippen LogP contribution in [-0.2, 0) is 6.42 Å². The highest BCUT2D eigenvalue weighted by molar-refractivity contribution is 5.32. The van der Waals surface area contributed by atoms with E-state index in [1.54, 1.807) is 12.4 Å². The average molecular weight is 272 g/mol. The highest BCUT2D eigenvalue weighted by atomic mass is 16.5. The number of benzene rings is 1. The van der Waals surface area contributed by atoms with Gasteiger partial charge in [0, 0.05) is 12.4 Å². The lowest BCUT2D eigenvalue weighted by Gasteiger charge is -2.13. The van der Waals surface area contributed by atoms with Crippen LogP contribution in [0.5, 0.6) is 5.88 Å². The molecule has 1 N–H and O–H groups in total. The molecule has 4 nitrogen and oxygen atoms in total. The Hall–Kier alpha value is -1.94. The van der Waals surface area contributed by atoms with E-state index in [9.17, 15) is 5.11 Å². The average Bonchev–Trinajstić information content (AvgIpc) is 2.46. The summed E-state index contributed by atoms with van der Waals surface area (Å²) in [6.07, 6.45) is 3.30. The van der Waals surface area contributed by atoms with Crippen LogP contribution >= 0.6 is 0 Å². The minimum Gasteiger partial charge on any atom is -0.480 e. The van der Waals surface area contributed by atoms with Crippen LogP contribution in [0.15, 0.2) is 36.7 Å². The molecule has 0 aliphatic carbocycles. The lowest BCUT2D eigenvalue weighted by molar-refractivity contribution is 0.207. The summed E-state index contributed by atoms with van der Waals surface area (Å²) in [5.74, 6) is 0.970. The predicted octanol–water partition coefficient (Wildman–Crippen LogP) is 2.77. The molecular weight excluding hydrogens is 252 g/mol. The molecule has 1 aromatic heterocycles. The van der Waals surface area contributed by atoms with Crippen LogP contribution in [-0.4, -0.2) is 22.2 Å². The van der Waals surface area contributed by atoms with Crippen LogP contribution in [0.1, 0.15) is 36.8 Å². The standard InChI is InChI=1S/C16H20N2O2/c1-11(2)10-12-4-6-13(7-5-12)15(19)14-16(20-3)18-9-8-17-14/h4-9,11,15,19H,10H2,1-3H3. The molecule has 1 aromatic carbocycles.